The monoisotopic (exact) mass is 244 g/mol. The van der Waals surface area contributed by atoms with Crippen molar-refractivity contribution in [3.8, 4) is 0 Å². The number of amides is 1. The van der Waals surface area contributed by atoms with Crippen LogP contribution in [-0.2, 0) is 0 Å². The largest absolute Gasteiger partial charge is 0.464 e. The molecule has 0 saturated carbocycles. The van der Waals surface area contributed by atoms with E-state index < -0.39 is 0 Å². The molecule has 1 unspecified atom stereocenters. The van der Waals surface area contributed by atoms with E-state index in [1.54, 1.807) is 12.3 Å². The summed E-state index contributed by atoms with van der Waals surface area (Å²) in [6.45, 7) is 8.81. The van der Waals surface area contributed by atoms with Crippen molar-refractivity contribution >= 4 is 16.9 Å². The van der Waals surface area contributed by atoms with Gasteiger partial charge in [-0.15, -0.1) is 0 Å². The first-order chi connectivity index (χ1) is 8.59. The van der Waals surface area contributed by atoms with Gasteiger partial charge in [-0.3, -0.25) is 4.79 Å². The van der Waals surface area contributed by atoms with Crippen LogP contribution in [0.3, 0.4) is 0 Å². The number of carbonyl (C=O) groups is 1. The molecule has 1 atom stereocenters. The second-order valence-corrected chi connectivity index (χ2v) is 4.85. The highest BCUT2D eigenvalue weighted by molar-refractivity contribution is 6.05. The molecule has 0 spiro atoms. The van der Waals surface area contributed by atoms with Crippen molar-refractivity contribution < 1.29 is 9.21 Å². The smallest absolute Gasteiger partial charge is 0.252 e. The number of carbonyl (C=O) groups excluding carboxylic acids is 1. The fourth-order valence-electron chi connectivity index (χ4n) is 1.75. The van der Waals surface area contributed by atoms with Crippen LogP contribution in [0.4, 0.5) is 0 Å². The molecule has 1 amide bonds. The zero-order chi connectivity index (χ0) is 13.1. The third-order valence-electron chi connectivity index (χ3n) is 3.21. The summed E-state index contributed by atoms with van der Waals surface area (Å²) in [5, 5.41) is 3.77. The van der Waals surface area contributed by atoms with Gasteiger partial charge in [0.25, 0.3) is 5.91 Å². The van der Waals surface area contributed by atoms with Gasteiger partial charge in [0.1, 0.15) is 5.58 Å². The van der Waals surface area contributed by atoms with Crippen molar-refractivity contribution in [3.63, 3.8) is 0 Å². The van der Waals surface area contributed by atoms with E-state index >= 15 is 0 Å². The molecule has 1 heterocycles. The summed E-state index contributed by atoms with van der Waals surface area (Å²) >= 11 is 0. The Labute approximate surface area is 107 Å². The average Bonchev–Trinajstić information content (AvgIpc) is 2.83. The first-order valence-corrected chi connectivity index (χ1v) is 6.17. The Morgan fingerprint density at radius 2 is 2.17 bits per heavy atom. The maximum Gasteiger partial charge on any atom is 0.252 e. The van der Waals surface area contributed by atoms with E-state index in [-0.39, 0.29) is 11.8 Å². The van der Waals surface area contributed by atoms with Crippen molar-refractivity contribution in [2.75, 3.05) is 6.54 Å². The van der Waals surface area contributed by atoms with Gasteiger partial charge in [-0.05, 0) is 37.0 Å². The Morgan fingerprint density at radius 1 is 1.39 bits per heavy atom. The summed E-state index contributed by atoms with van der Waals surface area (Å²) in [5.41, 5.74) is 1.38. The minimum Gasteiger partial charge on any atom is -0.464 e. The average molecular weight is 244 g/mol. The molecular formula is C15H18NO2. The maximum atomic E-state index is 12.1. The Bertz CT molecular complexity index is 542. The molecule has 0 aliphatic carbocycles. The SMILES string of the molecule is [CH2]C(CNC(=O)c1cccc2occc12)C(C)C. The number of hydrogen-bond acceptors (Lipinski definition) is 2. The van der Waals surface area contributed by atoms with Crippen LogP contribution in [0.1, 0.15) is 24.2 Å². The molecule has 0 aliphatic heterocycles. The van der Waals surface area contributed by atoms with Gasteiger partial charge in [-0.25, -0.2) is 0 Å². The lowest BCUT2D eigenvalue weighted by atomic mass is 9.98. The Kier molecular flexibility index (Phi) is 3.70. The summed E-state index contributed by atoms with van der Waals surface area (Å²) in [7, 11) is 0. The van der Waals surface area contributed by atoms with Gasteiger partial charge in [-0.2, -0.15) is 0 Å². The predicted octanol–water partition coefficient (Wildman–Crippen LogP) is 3.27. The topological polar surface area (TPSA) is 42.2 Å². The second kappa shape index (κ2) is 5.25. The molecule has 0 fully saturated rings. The molecule has 1 N–H and O–H groups in total. The highest BCUT2D eigenvalue weighted by atomic mass is 16.3. The number of nitrogens with one attached hydrogen (secondary N) is 1. The Hall–Kier alpha value is -1.77. The van der Waals surface area contributed by atoms with E-state index in [2.05, 4.69) is 26.1 Å². The van der Waals surface area contributed by atoms with E-state index in [1.165, 1.54) is 0 Å². The summed E-state index contributed by atoms with van der Waals surface area (Å²) < 4.78 is 5.28. The van der Waals surface area contributed by atoms with E-state index in [0.717, 1.165) is 11.0 Å². The molecule has 1 aromatic carbocycles. The third-order valence-corrected chi connectivity index (χ3v) is 3.21. The zero-order valence-corrected chi connectivity index (χ0v) is 10.8. The lowest BCUT2D eigenvalue weighted by Crippen LogP contribution is -2.30. The summed E-state index contributed by atoms with van der Waals surface area (Å²) in [5.74, 6) is 0.601. The summed E-state index contributed by atoms with van der Waals surface area (Å²) in [4.78, 5) is 12.1. The van der Waals surface area contributed by atoms with Crippen molar-refractivity contribution in [1.29, 1.82) is 0 Å². The molecule has 18 heavy (non-hydrogen) atoms. The van der Waals surface area contributed by atoms with Crippen molar-refractivity contribution in [3.05, 3.63) is 43.0 Å². The van der Waals surface area contributed by atoms with Crippen LogP contribution >= 0.6 is 0 Å². The van der Waals surface area contributed by atoms with Crippen LogP contribution in [0.25, 0.3) is 11.0 Å². The van der Waals surface area contributed by atoms with Crippen LogP contribution in [-0.4, -0.2) is 12.5 Å². The third kappa shape index (κ3) is 2.55. The van der Waals surface area contributed by atoms with Crippen LogP contribution in [0.2, 0.25) is 0 Å². The predicted molar refractivity (Wildman–Crippen MR) is 72.2 cm³/mol. The van der Waals surface area contributed by atoms with Crippen molar-refractivity contribution in [2.24, 2.45) is 11.8 Å². The molecule has 0 saturated heterocycles. The number of rotatable bonds is 4. The number of benzene rings is 1. The van der Waals surface area contributed by atoms with Gasteiger partial charge in [0.15, 0.2) is 0 Å². The van der Waals surface area contributed by atoms with Crippen molar-refractivity contribution in [1.82, 2.24) is 5.32 Å². The fourth-order valence-corrected chi connectivity index (χ4v) is 1.75. The van der Waals surface area contributed by atoms with Gasteiger partial charge in [0, 0.05) is 11.9 Å². The second-order valence-electron chi connectivity index (χ2n) is 4.85. The van der Waals surface area contributed by atoms with Gasteiger partial charge in [-0.1, -0.05) is 19.9 Å². The molecule has 2 aromatic rings. The van der Waals surface area contributed by atoms with E-state index in [9.17, 15) is 4.79 Å². The molecule has 1 aromatic heterocycles. The molecule has 95 valence electrons. The van der Waals surface area contributed by atoms with Gasteiger partial charge in [0.05, 0.1) is 11.8 Å². The molecule has 0 aliphatic rings. The van der Waals surface area contributed by atoms with Gasteiger partial charge >= 0.3 is 0 Å². The lowest BCUT2D eigenvalue weighted by molar-refractivity contribution is 0.0948. The van der Waals surface area contributed by atoms with Crippen LogP contribution in [0.15, 0.2) is 34.9 Å². The molecule has 1 radical (unpaired) electrons. The van der Waals surface area contributed by atoms with Crippen LogP contribution in [0, 0.1) is 18.8 Å². The maximum absolute atomic E-state index is 12.1. The van der Waals surface area contributed by atoms with E-state index in [4.69, 9.17) is 4.42 Å². The summed E-state index contributed by atoms with van der Waals surface area (Å²) in [6, 6.07) is 7.30. The van der Waals surface area contributed by atoms with Crippen molar-refractivity contribution in [2.45, 2.75) is 13.8 Å². The number of fused-ring (bicyclic) bond motifs is 1. The number of furan rings is 1. The quantitative estimate of drug-likeness (QED) is 0.896. The molecular weight excluding hydrogens is 226 g/mol. The molecule has 0 bridgehead atoms. The minimum absolute atomic E-state index is 0.0729. The minimum atomic E-state index is -0.0729. The zero-order valence-electron chi connectivity index (χ0n) is 10.8. The molecule has 2 rings (SSSR count). The van der Waals surface area contributed by atoms with Gasteiger partial charge in [0.2, 0.25) is 0 Å². The Morgan fingerprint density at radius 3 is 2.89 bits per heavy atom. The standard InChI is InChI=1S/C15H18NO2/c1-10(2)11(3)9-16-15(17)13-5-4-6-14-12(13)7-8-18-14/h4-8,10-11H,3,9H2,1-2H3,(H,16,17). The van der Waals surface area contributed by atoms with E-state index in [0.29, 0.717) is 18.0 Å². The lowest BCUT2D eigenvalue weighted by Gasteiger charge is -2.16. The van der Waals surface area contributed by atoms with Crippen LogP contribution < -0.4 is 5.32 Å². The fraction of sp³-hybridized carbons (Fsp3) is 0.333. The molecule has 3 heteroatoms. The first-order valence-electron chi connectivity index (χ1n) is 6.17. The first kappa shape index (κ1) is 12.7. The highest BCUT2D eigenvalue weighted by Crippen LogP contribution is 2.19. The van der Waals surface area contributed by atoms with Crippen LogP contribution in [0.5, 0.6) is 0 Å². The Balaban J connectivity index is 2.12. The van der Waals surface area contributed by atoms with E-state index in [1.807, 2.05) is 18.2 Å². The summed E-state index contributed by atoms with van der Waals surface area (Å²) in [6.07, 6.45) is 1.60. The normalized spacial score (nSPS) is 12.9. The van der Waals surface area contributed by atoms with Gasteiger partial charge < -0.3 is 9.73 Å². The molecule has 3 nitrogen and oxygen atoms in total. The highest BCUT2D eigenvalue weighted by Gasteiger charge is 2.13. The number of hydrogen-bond donors (Lipinski definition) is 1.